The number of nitrogens with zero attached hydrogens (tertiary/aromatic N) is 2. The molecule has 3 atom stereocenters. The minimum atomic E-state index is -1.10. The fourth-order valence-corrected chi connectivity index (χ4v) is 4.43. The van der Waals surface area contributed by atoms with Gasteiger partial charge in [0.25, 0.3) is 5.91 Å². The number of carbonyl (C=O) groups excluding carboxylic acids is 4. The number of amides is 3. The molecule has 0 radical (unpaired) electrons. The number of rotatable bonds is 10. The number of carbonyl (C=O) groups is 4. The maximum absolute atomic E-state index is 13.8. The molecule has 3 amide bonds. The molecule has 1 aliphatic rings. The van der Waals surface area contributed by atoms with Gasteiger partial charge in [-0.25, -0.2) is 0 Å². The second-order valence-electron chi connectivity index (χ2n) is 9.88. The zero-order valence-electron chi connectivity index (χ0n) is 21.6. The molecule has 1 aromatic carbocycles. The summed E-state index contributed by atoms with van der Waals surface area (Å²) in [6, 6.07) is 8.62. The van der Waals surface area contributed by atoms with Gasteiger partial charge in [-0.05, 0) is 50.5 Å². The van der Waals surface area contributed by atoms with E-state index in [1.165, 1.54) is 7.11 Å². The van der Waals surface area contributed by atoms with Crippen LogP contribution in [0.2, 0.25) is 0 Å². The van der Waals surface area contributed by atoms with E-state index in [1.54, 1.807) is 74.5 Å². The van der Waals surface area contributed by atoms with Gasteiger partial charge in [0, 0.05) is 38.0 Å². The first kappa shape index (κ1) is 27.8. The maximum Gasteiger partial charge on any atom is 0.306 e. The molecule has 2 heterocycles. The second kappa shape index (κ2) is 12.0. The molecular formula is C27H34N4O6. The number of aromatic nitrogens is 1. The Labute approximate surface area is 216 Å². The zero-order chi connectivity index (χ0) is 27.2. The Balaban J connectivity index is 1.96. The van der Waals surface area contributed by atoms with Gasteiger partial charge in [-0.2, -0.15) is 0 Å². The minimum Gasteiger partial charge on any atom is -0.460 e. The first-order valence-corrected chi connectivity index (χ1v) is 12.1. The van der Waals surface area contributed by atoms with Gasteiger partial charge in [0.05, 0.1) is 18.6 Å². The Kier molecular flexibility index (Phi) is 8.99. The molecule has 1 unspecified atom stereocenters. The highest BCUT2D eigenvalue weighted by atomic mass is 16.6. The molecule has 3 N–H and O–H groups in total. The van der Waals surface area contributed by atoms with Crippen LogP contribution in [0.1, 0.15) is 67.1 Å². The number of ether oxygens (including phenoxy) is 2. The van der Waals surface area contributed by atoms with Crippen molar-refractivity contribution in [1.29, 1.82) is 0 Å². The van der Waals surface area contributed by atoms with Gasteiger partial charge in [0.2, 0.25) is 11.8 Å². The summed E-state index contributed by atoms with van der Waals surface area (Å²) in [5.41, 5.74) is 6.49. The largest absolute Gasteiger partial charge is 0.460 e. The number of hydrogen-bond acceptors (Lipinski definition) is 7. The molecule has 0 saturated carbocycles. The number of benzene rings is 1. The molecule has 0 saturated heterocycles. The average molecular weight is 511 g/mol. The summed E-state index contributed by atoms with van der Waals surface area (Å²) < 4.78 is 10.5. The average Bonchev–Trinajstić information content (AvgIpc) is 2.85. The Bertz CT molecular complexity index is 1130. The van der Waals surface area contributed by atoms with Crippen molar-refractivity contribution in [3.05, 3.63) is 65.5 Å². The summed E-state index contributed by atoms with van der Waals surface area (Å²) in [7, 11) is 1.54. The summed E-state index contributed by atoms with van der Waals surface area (Å²) >= 11 is 0. The molecule has 0 fully saturated rings. The lowest BCUT2D eigenvalue weighted by atomic mass is 9.79. The molecular weight excluding hydrogens is 476 g/mol. The number of primary amides is 1. The Morgan fingerprint density at radius 3 is 2.51 bits per heavy atom. The van der Waals surface area contributed by atoms with Gasteiger partial charge in [-0.15, -0.1) is 0 Å². The van der Waals surface area contributed by atoms with Gasteiger partial charge in [-0.3, -0.25) is 24.2 Å². The predicted molar refractivity (Wildman–Crippen MR) is 135 cm³/mol. The van der Waals surface area contributed by atoms with Crippen LogP contribution in [0.15, 0.2) is 48.8 Å². The van der Waals surface area contributed by atoms with E-state index < -0.39 is 41.4 Å². The number of nitrogens with one attached hydrogen (secondary N) is 1. The normalized spacial score (nSPS) is 18.1. The third-order valence-corrected chi connectivity index (χ3v) is 6.00. The highest BCUT2D eigenvalue weighted by Crippen LogP contribution is 2.42. The molecule has 10 nitrogen and oxygen atoms in total. The molecule has 37 heavy (non-hydrogen) atoms. The Hall–Kier alpha value is -3.79. The summed E-state index contributed by atoms with van der Waals surface area (Å²) in [5, 5.41) is 2.73. The second-order valence-corrected chi connectivity index (χ2v) is 9.88. The van der Waals surface area contributed by atoms with E-state index in [2.05, 4.69) is 10.3 Å². The lowest BCUT2D eigenvalue weighted by Crippen LogP contribution is -2.52. The summed E-state index contributed by atoms with van der Waals surface area (Å²) in [5.74, 6) is -2.86. The van der Waals surface area contributed by atoms with E-state index in [-0.39, 0.29) is 31.9 Å². The van der Waals surface area contributed by atoms with Crippen LogP contribution in [-0.2, 0) is 23.9 Å². The van der Waals surface area contributed by atoms with E-state index in [9.17, 15) is 19.2 Å². The SMILES string of the molecule is COCCN1C(=O)c2ccccc2[C@H](C(=O)NC(CCC(=O)OC(C)(C)C)C(N)=O)[C@@H]1c1cccnc1. The number of fused-ring (bicyclic) bond motifs is 1. The minimum absolute atomic E-state index is 0.0196. The van der Waals surface area contributed by atoms with E-state index in [4.69, 9.17) is 15.2 Å². The van der Waals surface area contributed by atoms with Gasteiger partial charge < -0.3 is 25.4 Å². The van der Waals surface area contributed by atoms with E-state index in [1.807, 2.05) is 0 Å². The summed E-state index contributed by atoms with van der Waals surface area (Å²) in [6.45, 7) is 5.74. The topological polar surface area (TPSA) is 141 Å². The zero-order valence-corrected chi connectivity index (χ0v) is 21.6. The van der Waals surface area contributed by atoms with Crippen molar-refractivity contribution in [3.8, 4) is 0 Å². The highest BCUT2D eigenvalue weighted by molar-refractivity contribution is 6.02. The van der Waals surface area contributed by atoms with E-state index in [0.717, 1.165) is 0 Å². The standard InChI is InChI=1S/C27H34N4O6/c1-27(2,3)37-21(32)12-11-20(24(28)33)30-25(34)22-18-9-5-6-10-19(18)26(35)31(14-15-36-4)23(22)17-8-7-13-29-16-17/h5-10,13,16,20,22-23H,11-12,14-15H2,1-4H3,(H2,28,33)(H,30,34)/t20?,22-,23-/m0/s1. The molecule has 3 rings (SSSR count). The number of pyridine rings is 1. The smallest absolute Gasteiger partial charge is 0.306 e. The van der Waals surface area contributed by atoms with E-state index >= 15 is 0 Å². The monoisotopic (exact) mass is 510 g/mol. The molecule has 2 aromatic rings. The van der Waals surface area contributed by atoms with Crippen molar-refractivity contribution in [1.82, 2.24) is 15.2 Å². The van der Waals surface area contributed by atoms with Crippen molar-refractivity contribution in [3.63, 3.8) is 0 Å². The third-order valence-electron chi connectivity index (χ3n) is 6.00. The van der Waals surface area contributed by atoms with Crippen LogP contribution in [0.5, 0.6) is 0 Å². The van der Waals surface area contributed by atoms with Crippen LogP contribution in [0.3, 0.4) is 0 Å². The fourth-order valence-electron chi connectivity index (χ4n) is 4.43. The predicted octanol–water partition coefficient (Wildman–Crippen LogP) is 2.10. The van der Waals surface area contributed by atoms with Crippen molar-refractivity contribution in [2.45, 2.75) is 57.2 Å². The van der Waals surface area contributed by atoms with Crippen molar-refractivity contribution in [2.24, 2.45) is 5.73 Å². The molecule has 0 bridgehead atoms. The molecule has 198 valence electrons. The van der Waals surface area contributed by atoms with Gasteiger partial charge in [0.1, 0.15) is 11.6 Å². The highest BCUT2D eigenvalue weighted by Gasteiger charge is 2.44. The maximum atomic E-state index is 13.8. The van der Waals surface area contributed by atoms with Crippen LogP contribution in [0.4, 0.5) is 0 Å². The van der Waals surface area contributed by atoms with Crippen LogP contribution in [-0.4, -0.2) is 65.5 Å². The fraction of sp³-hybridized carbons (Fsp3) is 0.444. The Morgan fingerprint density at radius 1 is 1.16 bits per heavy atom. The van der Waals surface area contributed by atoms with Crippen molar-refractivity contribution >= 4 is 23.7 Å². The lowest BCUT2D eigenvalue weighted by molar-refractivity contribution is -0.155. The number of nitrogens with two attached hydrogens (primary N) is 1. The van der Waals surface area contributed by atoms with Gasteiger partial charge >= 0.3 is 5.97 Å². The lowest BCUT2D eigenvalue weighted by Gasteiger charge is -2.42. The van der Waals surface area contributed by atoms with E-state index in [0.29, 0.717) is 16.7 Å². The number of hydrogen-bond donors (Lipinski definition) is 2. The molecule has 1 aromatic heterocycles. The van der Waals surface area contributed by atoms with Crippen LogP contribution >= 0.6 is 0 Å². The van der Waals surface area contributed by atoms with Crippen molar-refractivity contribution in [2.75, 3.05) is 20.3 Å². The molecule has 1 aliphatic heterocycles. The van der Waals surface area contributed by atoms with Crippen molar-refractivity contribution < 1.29 is 28.7 Å². The van der Waals surface area contributed by atoms with Crippen LogP contribution in [0, 0.1) is 0 Å². The first-order valence-electron chi connectivity index (χ1n) is 12.1. The van der Waals surface area contributed by atoms with Crippen LogP contribution < -0.4 is 11.1 Å². The summed E-state index contributed by atoms with van der Waals surface area (Å²) in [6.07, 6.45) is 3.10. The van der Waals surface area contributed by atoms with Gasteiger partial charge in [-0.1, -0.05) is 24.3 Å². The Morgan fingerprint density at radius 2 is 1.89 bits per heavy atom. The number of esters is 1. The number of methoxy groups -OCH3 is 1. The molecule has 0 spiro atoms. The quantitative estimate of drug-likeness (QED) is 0.466. The summed E-state index contributed by atoms with van der Waals surface area (Å²) in [4.78, 5) is 57.5. The van der Waals surface area contributed by atoms with Crippen LogP contribution in [0.25, 0.3) is 0 Å². The molecule has 10 heteroatoms. The molecule has 0 aliphatic carbocycles. The first-order chi connectivity index (χ1) is 17.5. The van der Waals surface area contributed by atoms with Gasteiger partial charge in [0.15, 0.2) is 0 Å². The third kappa shape index (κ3) is 6.91.